The van der Waals surface area contributed by atoms with Crippen LogP contribution in [0.4, 0.5) is 5.69 Å². The van der Waals surface area contributed by atoms with Crippen molar-refractivity contribution < 1.29 is 0 Å². The molecule has 0 heterocycles. The maximum Gasteiger partial charge on any atom is 0.0366 e. The Bertz CT molecular complexity index is 422. The molecule has 2 aliphatic carbocycles. The largest absolute Gasteiger partial charge is 0.372 e. The van der Waals surface area contributed by atoms with Crippen LogP contribution in [0.1, 0.15) is 45.1 Å². The van der Waals surface area contributed by atoms with Crippen molar-refractivity contribution in [1.82, 2.24) is 5.32 Å². The monoisotopic (exact) mass is 272 g/mol. The SMILES string of the molecule is CCN(CC)c1ccc(CNC2CC3CCC2C3)cc1. The van der Waals surface area contributed by atoms with Crippen molar-refractivity contribution in [3.63, 3.8) is 0 Å². The molecule has 1 N–H and O–H groups in total. The standard InChI is InChI=1S/C18H28N2/c1-3-20(4-2)17-9-6-14(7-10-17)13-19-18-12-15-5-8-16(18)11-15/h6-7,9-10,15-16,18-19H,3-5,8,11-13H2,1-2H3. The van der Waals surface area contributed by atoms with Crippen LogP contribution in [-0.4, -0.2) is 19.1 Å². The van der Waals surface area contributed by atoms with E-state index in [1.54, 1.807) is 0 Å². The Hall–Kier alpha value is -1.02. The van der Waals surface area contributed by atoms with Crippen LogP contribution >= 0.6 is 0 Å². The minimum Gasteiger partial charge on any atom is -0.372 e. The van der Waals surface area contributed by atoms with Crippen LogP contribution in [0.3, 0.4) is 0 Å². The lowest BCUT2D eigenvalue weighted by Gasteiger charge is -2.24. The fraction of sp³-hybridized carbons (Fsp3) is 0.667. The third-order valence-corrected chi connectivity index (χ3v) is 5.37. The van der Waals surface area contributed by atoms with Gasteiger partial charge in [0.2, 0.25) is 0 Å². The third kappa shape index (κ3) is 2.85. The summed E-state index contributed by atoms with van der Waals surface area (Å²) in [6.45, 7) is 7.63. The fourth-order valence-corrected chi connectivity index (χ4v) is 4.16. The molecule has 110 valence electrons. The Balaban J connectivity index is 1.53. The van der Waals surface area contributed by atoms with Gasteiger partial charge in [-0.15, -0.1) is 0 Å². The molecule has 2 heteroatoms. The van der Waals surface area contributed by atoms with Crippen molar-refractivity contribution >= 4 is 5.69 Å². The molecule has 2 nitrogen and oxygen atoms in total. The highest BCUT2D eigenvalue weighted by Gasteiger charge is 2.38. The first-order valence-electron chi connectivity index (χ1n) is 8.37. The highest BCUT2D eigenvalue weighted by Crippen LogP contribution is 2.44. The Kier molecular flexibility index (Phi) is 4.30. The zero-order valence-corrected chi connectivity index (χ0v) is 12.9. The minimum absolute atomic E-state index is 0.788. The second-order valence-electron chi connectivity index (χ2n) is 6.50. The van der Waals surface area contributed by atoms with Crippen LogP contribution in [0.25, 0.3) is 0 Å². The van der Waals surface area contributed by atoms with Crippen molar-refractivity contribution in [2.75, 3.05) is 18.0 Å². The topological polar surface area (TPSA) is 15.3 Å². The van der Waals surface area contributed by atoms with Crippen molar-refractivity contribution in [3.8, 4) is 0 Å². The molecule has 2 aliphatic rings. The van der Waals surface area contributed by atoms with E-state index < -0.39 is 0 Å². The quantitative estimate of drug-likeness (QED) is 0.847. The first-order valence-corrected chi connectivity index (χ1v) is 8.37. The molecular weight excluding hydrogens is 244 g/mol. The van der Waals surface area contributed by atoms with E-state index in [1.165, 1.54) is 36.9 Å². The van der Waals surface area contributed by atoms with Crippen molar-refractivity contribution in [2.24, 2.45) is 11.8 Å². The minimum atomic E-state index is 0.788. The number of hydrogen-bond donors (Lipinski definition) is 1. The van der Waals surface area contributed by atoms with E-state index in [0.29, 0.717) is 0 Å². The highest BCUT2D eigenvalue weighted by atomic mass is 15.1. The third-order valence-electron chi connectivity index (χ3n) is 5.37. The zero-order valence-electron chi connectivity index (χ0n) is 12.9. The van der Waals surface area contributed by atoms with Gasteiger partial charge < -0.3 is 10.2 Å². The first-order chi connectivity index (χ1) is 9.80. The normalized spacial score (nSPS) is 28.0. The van der Waals surface area contributed by atoms with Gasteiger partial charge in [-0.1, -0.05) is 18.6 Å². The summed E-state index contributed by atoms with van der Waals surface area (Å²) in [5.74, 6) is 2.00. The molecule has 3 unspecified atom stereocenters. The molecule has 0 amide bonds. The smallest absolute Gasteiger partial charge is 0.0366 e. The second kappa shape index (κ2) is 6.17. The van der Waals surface area contributed by atoms with E-state index in [9.17, 15) is 0 Å². The molecule has 0 saturated heterocycles. The van der Waals surface area contributed by atoms with E-state index in [0.717, 1.165) is 37.5 Å². The Morgan fingerprint density at radius 3 is 2.35 bits per heavy atom. The van der Waals surface area contributed by atoms with Gasteiger partial charge in [0.15, 0.2) is 0 Å². The van der Waals surface area contributed by atoms with Crippen LogP contribution in [-0.2, 0) is 6.54 Å². The van der Waals surface area contributed by atoms with Crippen LogP contribution in [0.2, 0.25) is 0 Å². The number of benzene rings is 1. The van der Waals surface area contributed by atoms with Crippen molar-refractivity contribution in [2.45, 2.75) is 52.1 Å². The van der Waals surface area contributed by atoms with Gasteiger partial charge in [0.25, 0.3) is 0 Å². The molecule has 1 aromatic carbocycles. The van der Waals surface area contributed by atoms with E-state index in [1.807, 2.05) is 0 Å². The summed E-state index contributed by atoms with van der Waals surface area (Å²) < 4.78 is 0. The number of anilines is 1. The van der Waals surface area contributed by atoms with Crippen LogP contribution in [0, 0.1) is 11.8 Å². The van der Waals surface area contributed by atoms with Gasteiger partial charge in [0.1, 0.15) is 0 Å². The van der Waals surface area contributed by atoms with Crippen molar-refractivity contribution in [3.05, 3.63) is 29.8 Å². The summed E-state index contributed by atoms with van der Waals surface area (Å²) in [5, 5.41) is 3.79. The molecule has 3 atom stereocenters. The molecule has 3 rings (SSSR count). The Labute approximate surface area is 123 Å². The molecule has 0 radical (unpaired) electrons. The van der Waals surface area contributed by atoms with Crippen LogP contribution in [0.15, 0.2) is 24.3 Å². The van der Waals surface area contributed by atoms with Gasteiger partial charge in [0.05, 0.1) is 0 Å². The lowest BCUT2D eigenvalue weighted by Crippen LogP contribution is -2.33. The summed E-state index contributed by atoms with van der Waals surface area (Å²) in [4.78, 5) is 2.40. The molecule has 2 fully saturated rings. The van der Waals surface area contributed by atoms with Gasteiger partial charge >= 0.3 is 0 Å². The molecule has 2 saturated carbocycles. The van der Waals surface area contributed by atoms with E-state index in [2.05, 4.69) is 48.3 Å². The average molecular weight is 272 g/mol. The van der Waals surface area contributed by atoms with E-state index in [-0.39, 0.29) is 0 Å². The lowest BCUT2D eigenvalue weighted by molar-refractivity contribution is 0.351. The van der Waals surface area contributed by atoms with Gasteiger partial charge in [-0.2, -0.15) is 0 Å². The zero-order chi connectivity index (χ0) is 13.9. The number of hydrogen-bond acceptors (Lipinski definition) is 2. The van der Waals surface area contributed by atoms with Crippen LogP contribution < -0.4 is 10.2 Å². The summed E-state index contributed by atoms with van der Waals surface area (Å²) in [6.07, 6.45) is 5.85. The number of fused-ring (bicyclic) bond motifs is 2. The predicted molar refractivity (Wildman–Crippen MR) is 86.1 cm³/mol. The van der Waals surface area contributed by atoms with E-state index in [4.69, 9.17) is 0 Å². The van der Waals surface area contributed by atoms with Gasteiger partial charge in [-0.3, -0.25) is 0 Å². The average Bonchev–Trinajstić information content (AvgIpc) is 3.10. The summed E-state index contributed by atoms with van der Waals surface area (Å²) in [7, 11) is 0. The molecule has 1 aromatic rings. The first kappa shape index (κ1) is 13.9. The molecule has 0 aliphatic heterocycles. The molecule has 20 heavy (non-hydrogen) atoms. The maximum absolute atomic E-state index is 3.79. The highest BCUT2D eigenvalue weighted by molar-refractivity contribution is 5.47. The lowest BCUT2D eigenvalue weighted by atomic mass is 9.95. The number of nitrogens with one attached hydrogen (secondary N) is 1. The van der Waals surface area contributed by atoms with Gasteiger partial charge in [0, 0.05) is 31.4 Å². The van der Waals surface area contributed by atoms with Gasteiger partial charge in [-0.25, -0.2) is 0 Å². The number of rotatable bonds is 6. The predicted octanol–water partition coefficient (Wildman–Crippen LogP) is 3.81. The molecule has 2 bridgehead atoms. The molecule has 0 spiro atoms. The Morgan fingerprint density at radius 1 is 1.05 bits per heavy atom. The fourth-order valence-electron chi connectivity index (χ4n) is 4.16. The van der Waals surface area contributed by atoms with Crippen molar-refractivity contribution in [1.29, 1.82) is 0 Å². The van der Waals surface area contributed by atoms with E-state index >= 15 is 0 Å². The maximum atomic E-state index is 3.79. The molecular formula is C18H28N2. The second-order valence-corrected chi connectivity index (χ2v) is 6.50. The van der Waals surface area contributed by atoms with Crippen LogP contribution in [0.5, 0.6) is 0 Å². The summed E-state index contributed by atoms with van der Waals surface area (Å²) in [5.41, 5.74) is 2.77. The van der Waals surface area contributed by atoms with Gasteiger partial charge in [-0.05, 0) is 62.6 Å². The Morgan fingerprint density at radius 2 is 1.80 bits per heavy atom. The number of nitrogens with zero attached hydrogens (tertiary/aromatic N) is 1. The summed E-state index contributed by atoms with van der Waals surface area (Å²) in [6, 6.07) is 9.90. The summed E-state index contributed by atoms with van der Waals surface area (Å²) >= 11 is 0. The molecule has 0 aromatic heterocycles.